The van der Waals surface area contributed by atoms with Crippen molar-refractivity contribution in [1.82, 2.24) is 10.2 Å². The Kier molecular flexibility index (Phi) is 4.32. The minimum Gasteiger partial charge on any atom is -0.481 e. The van der Waals surface area contributed by atoms with Crippen LogP contribution in [0.5, 0.6) is 0 Å². The number of aliphatic carboxylic acids is 1. The van der Waals surface area contributed by atoms with Crippen molar-refractivity contribution in [3.8, 4) is 0 Å². The molecule has 5 nitrogen and oxygen atoms in total. The van der Waals surface area contributed by atoms with Crippen LogP contribution in [-0.2, 0) is 4.79 Å². The van der Waals surface area contributed by atoms with Crippen molar-refractivity contribution in [3.05, 3.63) is 0 Å². The average Bonchev–Trinajstić information content (AvgIpc) is 3.16. The first-order valence-electron chi connectivity index (χ1n) is 7.26. The van der Waals surface area contributed by atoms with Gasteiger partial charge in [-0.2, -0.15) is 0 Å². The Morgan fingerprint density at radius 2 is 1.89 bits per heavy atom. The highest BCUT2D eigenvalue weighted by molar-refractivity contribution is 5.76. The normalized spacial score (nSPS) is 20.2. The van der Waals surface area contributed by atoms with E-state index in [0.29, 0.717) is 12.0 Å². The Bertz CT molecular complexity index is 349. The fourth-order valence-corrected chi connectivity index (χ4v) is 2.25. The van der Waals surface area contributed by atoms with Crippen LogP contribution in [0.2, 0.25) is 0 Å². The van der Waals surface area contributed by atoms with Gasteiger partial charge < -0.3 is 15.3 Å². The zero-order valence-electron chi connectivity index (χ0n) is 11.8. The monoisotopic (exact) mass is 268 g/mol. The largest absolute Gasteiger partial charge is 0.481 e. The first-order chi connectivity index (χ1) is 8.97. The zero-order valence-corrected chi connectivity index (χ0v) is 11.8. The molecule has 2 rings (SSSR count). The molecule has 0 aromatic heterocycles. The number of urea groups is 1. The summed E-state index contributed by atoms with van der Waals surface area (Å²) in [6.07, 6.45) is 4.61. The number of nitrogens with one attached hydrogen (secondary N) is 1. The standard InChI is InChI=1S/C14H24N2O3/c1-9(2)12(7-13(17)18)15-14(19)16(11-5-6-11)8-10-3-4-10/h9-12H,3-8H2,1-2H3,(H,15,19)(H,17,18). The van der Waals surface area contributed by atoms with Gasteiger partial charge >= 0.3 is 12.0 Å². The van der Waals surface area contributed by atoms with Crippen LogP contribution >= 0.6 is 0 Å². The molecule has 0 aromatic rings. The van der Waals surface area contributed by atoms with Crippen molar-refractivity contribution in [1.29, 1.82) is 0 Å². The molecular formula is C14H24N2O3. The highest BCUT2D eigenvalue weighted by Gasteiger charge is 2.37. The molecule has 0 radical (unpaired) electrons. The second-order valence-electron chi connectivity index (χ2n) is 6.22. The Morgan fingerprint density at radius 1 is 1.26 bits per heavy atom. The molecule has 108 valence electrons. The van der Waals surface area contributed by atoms with E-state index in [0.717, 1.165) is 19.4 Å². The molecule has 0 spiro atoms. The number of amides is 2. The van der Waals surface area contributed by atoms with Gasteiger partial charge in [0.1, 0.15) is 0 Å². The molecule has 2 amide bonds. The van der Waals surface area contributed by atoms with E-state index in [2.05, 4.69) is 5.32 Å². The summed E-state index contributed by atoms with van der Waals surface area (Å²) in [6, 6.07) is 0.0260. The third-order valence-corrected chi connectivity index (χ3v) is 3.91. The Hall–Kier alpha value is -1.26. The third-order valence-electron chi connectivity index (χ3n) is 3.91. The Labute approximate surface area is 114 Å². The van der Waals surface area contributed by atoms with Gasteiger partial charge in [0.2, 0.25) is 0 Å². The highest BCUT2D eigenvalue weighted by atomic mass is 16.4. The van der Waals surface area contributed by atoms with E-state index in [9.17, 15) is 9.59 Å². The second kappa shape index (κ2) is 5.80. The lowest BCUT2D eigenvalue weighted by Crippen LogP contribution is -2.49. The number of carboxylic acids is 1. The lowest BCUT2D eigenvalue weighted by molar-refractivity contribution is -0.137. The van der Waals surface area contributed by atoms with E-state index in [1.165, 1.54) is 12.8 Å². The highest BCUT2D eigenvalue weighted by Crippen LogP contribution is 2.34. The van der Waals surface area contributed by atoms with Gasteiger partial charge in [-0.15, -0.1) is 0 Å². The molecule has 1 atom stereocenters. The van der Waals surface area contributed by atoms with Crippen LogP contribution < -0.4 is 5.32 Å². The molecule has 2 saturated carbocycles. The van der Waals surface area contributed by atoms with Crippen LogP contribution in [0.3, 0.4) is 0 Å². The molecular weight excluding hydrogens is 244 g/mol. The first kappa shape index (κ1) is 14.2. The van der Waals surface area contributed by atoms with E-state index in [1.54, 1.807) is 0 Å². The van der Waals surface area contributed by atoms with Gasteiger partial charge in [0.25, 0.3) is 0 Å². The SMILES string of the molecule is CC(C)C(CC(=O)O)NC(=O)N(CC1CC1)C1CC1. The van der Waals surface area contributed by atoms with Gasteiger partial charge in [0.15, 0.2) is 0 Å². The van der Waals surface area contributed by atoms with Crippen molar-refractivity contribution in [2.75, 3.05) is 6.54 Å². The topological polar surface area (TPSA) is 69.6 Å². The molecule has 2 fully saturated rings. The number of rotatable bonds is 7. The Morgan fingerprint density at radius 3 is 2.32 bits per heavy atom. The van der Waals surface area contributed by atoms with E-state index in [1.807, 2.05) is 18.7 Å². The molecule has 2 N–H and O–H groups in total. The summed E-state index contributed by atoms with van der Waals surface area (Å²) in [6.45, 7) is 4.72. The zero-order chi connectivity index (χ0) is 14.0. The summed E-state index contributed by atoms with van der Waals surface area (Å²) in [5.74, 6) is -0.0653. The van der Waals surface area contributed by atoms with Gasteiger partial charge in [-0.3, -0.25) is 4.79 Å². The fourth-order valence-electron chi connectivity index (χ4n) is 2.25. The average molecular weight is 268 g/mol. The van der Waals surface area contributed by atoms with Crippen molar-refractivity contribution in [2.24, 2.45) is 11.8 Å². The smallest absolute Gasteiger partial charge is 0.317 e. The first-order valence-corrected chi connectivity index (χ1v) is 7.26. The molecule has 0 bridgehead atoms. The Balaban J connectivity index is 1.89. The van der Waals surface area contributed by atoms with E-state index in [-0.39, 0.29) is 24.4 Å². The van der Waals surface area contributed by atoms with Crippen LogP contribution in [-0.4, -0.2) is 40.6 Å². The number of hydrogen-bond donors (Lipinski definition) is 2. The summed E-state index contributed by atoms with van der Waals surface area (Å²) in [4.78, 5) is 25.1. The summed E-state index contributed by atoms with van der Waals surface area (Å²) in [5, 5.41) is 11.8. The maximum absolute atomic E-state index is 12.3. The lowest BCUT2D eigenvalue weighted by atomic mass is 10.0. The predicted octanol–water partition coefficient (Wildman–Crippen LogP) is 2.07. The molecule has 2 aliphatic carbocycles. The van der Waals surface area contributed by atoms with Crippen LogP contribution in [0.25, 0.3) is 0 Å². The maximum Gasteiger partial charge on any atom is 0.317 e. The van der Waals surface area contributed by atoms with Crippen molar-refractivity contribution >= 4 is 12.0 Å². The molecule has 19 heavy (non-hydrogen) atoms. The maximum atomic E-state index is 12.3. The number of hydrogen-bond acceptors (Lipinski definition) is 2. The molecule has 0 aliphatic heterocycles. The summed E-state index contributed by atoms with van der Waals surface area (Å²) in [7, 11) is 0. The van der Waals surface area contributed by atoms with Gasteiger partial charge in [-0.1, -0.05) is 13.8 Å². The van der Waals surface area contributed by atoms with Gasteiger partial charge in [0.05, 0.1) is 6.42 Å². The predicted molar refractivity (Wildman–Crippen MR) is 71.9 cm³/mol. The van der Waals surface area contributed by atoms with Crippen molar-refractivity contribution < 1.29 is 14.7 Å². The van der Waals surface area contributed by atoms with E-state index < -0.39 is 5.97 Å². The fraction of sp³-hybridized carbons (Fsp3) is 0.857. The van der Waals surface area contributed by atoms with E-state index >= 15 is 0 Å². The number of carboxylic acid groups (broad SMARTS) is 1. The summed E-state index contributed by atoms with van der Waals surface area (Å²) in [5.41, 5.74) is 0. The second-order valence-corrected chi connectivity index (χ2v) is 6.22. The van der Waals surface area contributed by atoms with Crippen molar-refractivity contribution in [2.45, 2.75) is 58.0 Å². The number of carbonyl (C=O) groups is 2. The summed E-state index contributed by atoms with van der Waals surface area (Å²) >= 11 is 0. The van der Waals surface area contributed by atoms with Crippen LogP contribution in [0.1, 0.15) is 46.0 Å². The summed E-state index contributed by atoms with van der Waals surface area (Å²) < 4.78 is 0. The molecule has 5 heteroatoms. The van der Waals surface area contributed by atoms with Gasteiger partial charge in [-0.05, 0) is 37.5 Å². The number of nitrogens with zero attached hydrogens (tertiary/aromatic N) is 1. The van der Waals surface area contributed by atoms with Gasteiger partial charge in [0, 0.05) is 18.6 Å². The molecule has 0 heterocycles. The van der Waals surface area contributed by atoms with Crippen molar-refractivity contribution in [3.63, 3.8) is 0 Å². The minimum atomic E-state index is -0.862. The lowest BCUT2D eigenvalue weighted by Gasteiger charge is -2.27. The number of carbonyl (C=O) groups excluding carboxylic acids is 1. The molecule has 1 unspecified atom stereocenters. The van der Waals surface area contributed by atoms with Gasteiger partial charge in [-0.25, -0.2) is 4.79 Å². The quantitative estimate of drug-likeness (QED) is 0.742. The molecule has 0 saturated heterocycles. The van der Waals surface area contributed by atoms with Crippen LogP contribution in [0, 0.1) is 11.8 Å². The minimum absolute atomic E-state index is 0.00859. The van der Waals surface area contributed by atoms with E-state index in [4.69, 9.17) is 5.11 Å². The van der Waals surface area contributed by atoms with Crippen LogP contribution in [0.15, 0.2) is 0 Å². The third kappa shape index (κ3) is 4.40. The molecule has 0 aromatic carbocycles. The molecule has 2 aliphatic rings. The van der Waals surface area contributed by atoms with Crippen LogP contribution in [0.4, 0.5) is 4.79 Å².